The summed E-state index contributed by atoms with van der Waals surface area (Å²) in [5.41, 5.74) is 0.184. The Kier molecular flexibility index (Phi) is 6.02. The van der Waals surface area contributed by atoms with Gasteiger partial charge in [0.2, 0.25) is 11.9 Å². The maximum absolute atomic E-state index is 12.6. The largest absolute Gasteiger partial charge is 0.447 e. The molecule has 2 aromatic heterocycles. The number of nitrogens with one attached hydrogen (secondary N) is 2. The third-order valence-corrected chi connectivity index (χ3v) is 5.15. The summed E-state index contributed by atoms with van der Waals surface area (Å²) in [6.45, 7) is 6.10. The van der Waals surface area contributed by atoms with E-state index in [-0.39, 0.29) is 36.0 Å². The molecule has 0 bridgehead atoms. The predicted octanol–water partition coefficient (Wildman–Crippen LogP) is 3.51. The highest BCUT2D eigenvalue weighted by Crippen LogP contribution is 2.25. The molecule has 0 saturated carbocycles. The van der Waals surface area contributed by atoms with E-state index in [1.54, 1.807) is 24.3 Å². The molecule has 1 saturated heterocycles. The van der Waals surface area contributed by atoms with Crippen molar-refractivity contribution in [2.75, 3.05) is 16.8 Å². The second kappa shape index (κ2) is 9.04. The molecule has 0 radical (unpaired) electrons. The summed E-state index contributed by atoms with van der Waals surface area (Å²) < 4.78 is 10.8. The number of amides is 1. The molecule has 1 unspecified atom stereocenters. The zero-order valence-corrected chi connectivity index (χ0v) is 18.0. The molecule has 1 aliphatic heterocycles. The van der Waals surface area contributed by atoms with E-state index in [9.17, 15) is 9.59 Å². The normalized spacial score (nSPS) is 16.7. The molecular weight excluding hydrogens is 412 g/mol. The zero-order valence-electron chi connectivity index (χ0n) is 18.0. The van der Waals surface area contributed by atoms with Crippen molar-refractivity contribution in [3.8, 4) is 11.6 Å². The summed E-state index contributed by atoms with van der Waals surface area (Å²) in [6, 6.07) is 12.0. The SMILES string of the molecule is CC(C)C1COC(=O)N1c1ncnc(N[C@@H](C)c2ccc(Oc3ccccc3)[nH]c2=O)n1. The van der Waals surface area contributed by atoms with Gasteiger partial charge in [0.05, 0.1) is 12.1 Å². The third-order valence-electron chi connectivity index (χ3n) is 5.15. The number of hydrogen-bond acceptors (Lipinski definition) is 8. The summed E-state index contributed by atoms with van der Waals surface area (Å²) in [4.78, 5) is 41.6. The Labute approximate surface area is 184 Å². The van der Waals surface area contributed by atoms with E-state index in [0.29, 0.717) is 17.2 Å². The lowest BCUT2D eigenvalue weighted by molar-refractivity contribution is 0.177. The number of aromatic nitrogens is 4. The first-order chi connectivity index (χ1) is 15.4. The lowest BCUT2D eigenvalue weighted by Crippen LogP contribution is -2.38. The number of hydrogen-bond donors (Lipinski definition) is 2. The van der Waals surface area contributed by atoms with Crippen molar-refractivity contribution in [1.29, 1.82) is 0 Å². The summed E-state index contributed by atoms with van der Waals surface area (Å²) in [7, 11) is 0. The van der Waals surface area contributed by atoms with Gasteiger partial charge in [-0.1, -0.05) is 32.0 Å². The number of rotatable bonds is 7. The fourth-order valence-corrected chi connectivity index (χ4v) is 3.38. The van der Waals surface area contributed by atoms with Crippen LogP contribution in [0.4, 0.5) is 16.7 Å². The smallest absolute Gasteiger partial charge is 0.417 e. The lowest BCUT2D eigenvalue weighted by atomic mass is 10.1. The minimum absolute atomic E-state index is 0.157. The first-order valence-electron chi connectivity index (χ1n) is 10.3. The number of H-pyrrole nitrogens is 1. The van der Waals surface area contributed by atoms with Gasteiger partial charge in [-0.25, -0.2) is 19.7 Å². The topological polar surface area (TPSA) is 122 Å². The maximum Gasteiger partial charge on any atom is 0.417 e. The van der Waals surface area contributed by atoms with Gasteiger partial charge in [-0.15, -0.1) is 0 Å². The van der Waals surface area contributed by atoms with Gasteiger partial charge in [0, 0.05) is 5.56 Å². The highest BCUT2D eigenvalue weighted by atomic mass is 16.6. The number of aromatic amines is 1. The van der Waals surface area contributed by atoms with Crippen LogP contribution in [0.25, 0.3) is 0 Å². The Bertz CT molecular complexity index is 1150. The van der Waals surface area contributed by atoms with Crippen molar-refractivity contribution >= 4 is 18.0 Å². The Balaban J connectivity index is 1.49. The number of ether oxygens (including phenoxy) is 2. The van der Waals surface area contributed by atoms with Crippen molar-refractivity contribution < 1.29 is 14.3 Å². The molecule has 3 aromatic rings. The zero-order chi connectivity index (χ0) is 22.7. The van der Waals surface area contributed by atoms with Crippen LogP contribution in [0.1, 0.15) is 32.4 Å². The van der Waals surface area contributed by atoms with Gasteiger partial charge in [0.15, 0.2) is 5.88 Å². The van der Waals surface area contributed by atoms with Crippen molar-refractivity contribution in [2.45, 2.75) is 32.9 Å². The van der Waals surface area contributed by atoms with Crippen molar-refractivity contribution in [1.82, 2.24) is 19.9 Å². The van der Waals surface area contributed by atoms with E-state index in [2.05, 4.69) is 25.3 Å². The summed E-state index contributed by atoms with van der Waals surface area (Å²) in [5, 5.41) is 3.09. The van der Waals surface area contributed by atoms with Gasteiger partial charge < -0.3 is 14.8 Å². The molecule has 0 spiro atoms. The Morgan fingerprint density at radius 2 is 1.91 bits per heavy atom. The minimum Gasteiger partial charge on any atom is -0.447 e. The second-order valence-corrected chi connectivity index (χ2v) is 7.76. The Hall–Kier alpha value is -3.95. The fraction of sp³-hybridized carbons (Fsp3) is 0.318. The van der Waals surface area contributed by atoms with E-state index in [1.165, 1.54) is 11.2 Å². The molecule has 2 N–H and O–H groups in total. The number of benzene rings is 1. The summed E-state index contributed by atoms with van der Waals surface area (Å²) >= 11 is 0. The highest BCUT2D eigenvalue weighted by Gasteiger charge is 2.38. The van der Waals surface area contributed by atoms with Crippen LogP contribution in [0.15, 0.2) is 53.6 Å². The lowest BCUT2D eigenvalue weighted by Gasteiger charge is -2.22. The molecule has 166 valence electrons. The maximum atomic E-state index is 12.6. The van der Waals surface area contributed by atoms with Crippen LogP contribution in [0.2, 0.25) is 0 Å². The van der Waals surface area contributed by atoms with Crippen LogP contribution in [-0.2, 0) is 4.74 Å². The van der Waals surface area contributed by atoms with E-state index < -0.39 is 12.1 Å². The van der Waals surface area contributed by atoms with E-state index in [0.717, 1.165) is 0 Å². The second-order valence-electron chi connectivity index (χ2n) is 7.76. The van der Waals surface area contributed by atoms with E-state index in [4.69, 9.17) is 9.47 Å². The summed E-state index contributed by atoms with van der Waals surface area (Å²) in [5.74, 6) is 1.58. The molecule has 1 amide bonds. The monoisotopic (exact) mass is 436 g/mol. The number of carbonyl (C=O) groups excluding carboxylic acids is 1. The number of para-hydroxylation sites is 1. The van der Waals surface area contributed by atoms with Crippen molar-refractivity contribution in [3.63, 3.8) is 0 Å². The van der Waals surface area contributed by atoms with Gasteiger partial charge in [-0.05, 0) is 37.1 Å². The molecule has 10 heteroatoms. The van der Waals surface area contributed by atoms with E-state index in [1.807, 2.05) is 39.0 Å². The van der Waals surface area contributed by atoms with E-state index >= 15 is 0 Å². The standard InChI is InChI=1S/C22H24N6O4/c1-13(2)17-11-31-22(30)28(17)21-24-12-23-20(27-21)25-14(3)16-9-10-18(26-19(16)29)32-15-7-5-4-6-8-15/h4-10,12-14,17H,11H2,1-3H3,(H,26,29)(H,23,24,25,27)/t14-,17?/m0/s1. The Morgan fingerprint density at radius 1 is 1.12 bits per heavy atom. The molecule has 3 heterocycles. The molecular formula is C22H24N6O4. The van der Waals surface area contributed by atoms with Crippen LogP contribution >= 0.6 is 0 Å². The average molecular weight is 436 g/mol. The molecule has 1 aliphatic rings. The van der Waals surface area contributed by atoms with Crippen LogP contribution < -0.4 is 20.5 Å². The molecule has 1 fully saturated rings. The van der Waals surface area contributed by atoms with Gasteiger partial charge in [-0.2, -0.15) is 4.98 Å². The number of pyridine rings is 1. The number of nitrogens with zero attached hydrogens (tertiary/aromatic N) is 4. The first-order valence-corrected chi connectivity index (χ1v) is 10.3. The van der Waals surface area contributed by atoms with Crippen LogP contribution in [0, 0.1) is 5.92 Å². The number of anilines is 2. The quantitative estimate of drug-likeness (QED) is 0.577. The fourth-order valence-electron chi connectivity index (χ4n) is 3.38. The number of carbonyl (C=O) groups is 1. The molecule has 1 aromatic carbocycles. The van der Waals surface area contributed by atoms with Gasteiger partial charge in [0.1, 0.15) is 18.7 Å². The predicted molar refractivity (Wildman–Crippen MR) is 118 cm³/mol. The van der Waals surface area contributed by atoms with Gasteiger partial charge in [-0.3, -0.25) is 9.78 Å². The van der Waals surface area contributed by atoms with Crippen LogP contribution in [0.3, 0.4) is 0 Å². The molecule has 2 atom stereocenters. The Morgan fingerprint density at radius 3 is 2.62 bits per heavy atom. The van der Waals surface area contributed by atoms with Crippen LogP contribution in [-0.4, -0.2) is 38.7 Å². The molecule has 4 rings (SSSR count). The van der Waals surface area contributed by atoms with Crippen molar-refractivity contribution in [3.05, 3.63) is 64.7 Å². The summed E-state index contributed by atoms with van der Waals surface area (Å²) in [6.07, 6.45) is 0.834. The first kappa shape index (κ1) is 21.3. The molecule has 10 nitrogen and oxygen atoms in total. The highest BCUT2D eigenvalue weighted by molar-refractivity contribution is 5.88. The van der Waals surface area contributed by atoms with Crippen molar-refractivity contribution in [2.24, 2.45) is 5.92 Å². The number of cyclic esters (lactones) is 1. The minimum atomic E-state index is -0.487. The third kappa shape index (κ3) is 4.53. The van der Waals surface area contributed by atoms with Gasteiger partial charge >= 0.3 is 6.09 Å². The average Bonchev–Trinajstić information content (AvgIpc) is 3.16. The van der Waals surface area contributed by atoms with Crippen LogP contribution in [0.5, 0.6) is 11.6 Å². The van der Waals surface area contributed by atoms with Gasteiger partial charge in [0.25, 0.3) is 5.56 Å². The molecule has 32 heavy (non-hydrogen) atoms. The molecule has 0 aliphatic carbocycles.